The van der Waals surface area contributed by atoms with Gasteiger partial charge in [-0.3, -0.25) is 4.99 Å². The number of likely N-dealkylation sites (tertiary alicyclic amines) is 1. The molecular weight excluding hydrogens is 481 g/mol. The molecule has 2 saturated heterocycles. The van der Waals surface area contributed by atoms with Crippen molar-refractivity contribution in [2.75, 3.05) is 46.5 Å². The third-order valence-corrected chi connectivity index (χ3v) is 5.95. The number of hydrogen-bond donors (Lipinski definition) is 1. The zero-order chi connectivity index (χ0) is 19.2. The minimum atomic E-state index is 0. The first-order valence-corrected chi connectivity index (χ1v) is 10.8. The van der Waals surface area contributed by atoms with E-state index in [4.69, 9.17) is 14.2 Å². The summed E-state index contributed by atoms with van der Waals surface area (Å²) in [5, 5.41) is 3.53. The molecule has 0 bridgehead atoms. The predicted octanol–water partition coefficient (Wildman–Crippen LogP) is 3.02. The molecule has 3 aliphatic rings. The molecular formula is C22H34IN3O3. The fourth-order valence-corrected chi connectivity index (χ4v) is 4.30. The van der Waals surface area contributed by atoms with Gasteiger partial charge in [0.2, 0.25) is 0 Å². The molecule has 0 aromatic heterocycles. The Hall–Kier alpha value is -1.06. The van der Waals surface area contributed by atoms with E-state index in [9.17, 15) is 0 Å². The van der Waals surface area contributed by atoms with E-state index in [1.165, 1.54) is 17.5 Å². The highest BCUT2D eigenvalue weighted by molar-refractivity contribution is 14.0. The highest BCUT2D eigenvalue weighted by atomic mass is 127. The molecule has 0 saturated carbocycles. The lowest BCUT2D eigenvalue weighted by atomic mass is 10.1. The topological polar surface area (TPSA) is 55.3 Å². The molecule has 0 radical (unpaired) electrons. The van der Waals surface area contributed by atoms with Crippen molar-refractivity contribution < 1.29 is 14.2 Å². The van der Waals surface area contributed by atoms with Crippen molar-refractivity contribution in [1.82, 2.24) is 10.2 Å². The Balaban J connectivity index is 0.00000240. The fourth-order valence-electron chi connectivity index (χ4n) is 4.30. The van der Waals surface area contributed by atoms with Crippen LogP contribution in [0.1, 0.15) is 36.8 Å². The Morgan fingerprint density at radius 2 is 2.10 bits per heavy atom. The second-order valence-electron chi connectivity index (χ2n) is 7.92. The standard InChI is InChI=1S/C22H33N3O3.HI/c1-23-22(24-10-6-17-4-5-21-18(15-17)9-14-27-21)25-11-7-19(8-12-25)28-16-20-3-2-13-26-20;/h4-5,15,19-20H,2-3,6-14,16H2,1H3,(H,23,24);1H. The molecule has 2 fully saturated rings. The molecule has 6 nitrogen and oxygen atoms in total. The lowest BCUT2D eigenvalue weighted by molar-refractivity contribution is -0.0367. The molecule has 1 N–H and O–H groups in total. The first-order chi connectivity index (χ1) is 13.8. The van der Waals surface area contributed by atoms with Gasteiger partial charge in [0.15, 0.2) is 5.96 Å². The van der Waals surface area contributed by atoms with Gasteiger partial charge in [-0.15, -0.1) is 24.0 Å². The second-order valence-corrected chi connectivity index (χ2v) is 7.92. The Labute approximate surface area is 191 Å². The fraction of sp³-hybridized carbons (Fsp3) is 0.682. The highest BCUT2D eigenvalue weighted by Crippen LogP contribution is 2.26. The second kappa shape index (κ2) is 11.4. The van der Waals surface area contributed by atoms with Gasteiger partial charge in [-0.05, 0) is 49.3 Å². The van der Waals surface area contributed by atoms with Crippen molar-refractivity contribution in [2.24, 2.45) is 4.99 Å². The number of fused-ring (bicyclic) bond motifs is 1. The summed E-state index contributed by atoms with van der Waals surface area (Å²) in [6.45, 7) is 5.34. The summed E-state index contributed by atoms with van der Waals surface area (Å²) in [6.07, 6.45) is 7.12. The van der Waals surface area contributed by atoms with Crippen molar-refractivity contribution in [1.29, 1.82) is 0 Å². The summed E-state index contributed by atoms with van der Waals surface area (Å²) in [6, 6.07) is 6.56. The van der Waals surface area contributed by atoms with Gasteiger partial charge in [0.05, 0.1) is 25.4 Å². The van der Waals surface area contributed by atoms with E-state index < -0.39 is 0 Å². The number of ether oxygens (including phenoxy) is 3. The van der Waals surface area contributed by atoms with Gasteiger partial charge in [-0.2, -0.15) is 0 Å². The van der Waals surface area contributed by atoms with E-state index in [1.807, 2.05) is 7.05 Å². The van der Waals surface area contributed by atoms with Gasteiger partial charge >= 0.3 is 0 Å². The molecule has 1 aromatic carbocycles. The van der Waals surface area contributed by atoms with Crippen LogP contribution in [0.25, 0.3) is 0 Å². The van der Waals surface area contributed by atoms with E-state index in [0.717, 1.165) is 83.3 Å². The number of nitrogens with zero attached hydrogens (tertiary/aromatic N) is 2. The first kappa shape index (κ1) is 22.6. The van der Waals surface area contributed by atoms with Crippen molar-refractivity contribution in [3.63, 3.8) is 0 Å². The molecule has 7 heteroatoms. The van der Waals surface area contributed by atoms with Crippen molar-refractivity contribution in [3.8, 4) is 5.75 Å². The van der Waals surface area contributed by atoms with Gasteiger partial charge in [-0.25, -0.2) is 0 Å². The summed E-state index contributed by atoms with van der Waals surface area (Å²) < 4.78 is 17.3. The van der Waals surface area contributed by atoms with E-state index in [-0.39, 0.29) is 24.0 Å². The minimum absolute atomic E-state index is 0. The molecule has 0 aliphatic carbocycles. The van der Waals surface area contributed by atoms with E-state index in [0.29, 0.717) is 12.2 Å². The lowest BCUT2D eigenvalue weighted by Gasteiger charge is -2.34. The molecule has 1 unspecified atom stereocenters. The SMILES string of the molecule is CN=C(NCCc1ccc2c(c1)CCO2)N1CCC(OCC2CCCO2)CC1.I. The lowest BCUT2D eigenvalue weighted by Crippen LogP contribution is -2.47. The third kappa shape index (κ3) is 6.21. The van der Waals surface area contributed by atoms with Gasteiger partial charge in [0.25, 0.3) is 0 Å². The van der Waals surface area contributed by atoms with Crippen LogP contribution >= 0.6 is 24.0 Å². The number of hydrogen-bond acceptors (Lipinski definition) is 4. The Kier molecular flexibility index (Phi) is 8.86. The van der Waals surface area contributed by atoms with Gasteiger partial charge in [0.1, 0.15) is 5.75 Å². The van der Waals surface area contributed by atoms with Gasteiger partial charge < -0.3 is 24.4 Å². The predicted molar refractivity (Wildman–Crippen MR) is 126 cm³/mol. The molecule has 0 spiro atoms. The van der Waals surface area contributed by atoms with E-state index in [1.54, 1.807) is 0 Å². The molecule has 29 heavy (non-hydrogen) atoms. The summed E-state index contributed by atoms with van der Waals surface area (Å²) in [5.74, 6) is 2.05. The maximum absolute atomic E-state index is 6.08. The number of guanidine groups is 1. The van der Waals surface area contributed by atoms with Crippen molar-refractivity contribution in [3.05, 3.63) is 29.3 Å². The van der Waals surface area contributed by atoms with Crippen LogP contribution in [0, 0.1) is 0 Å². The molecule has 1 atom stereocenters. The maximum atomic E-state index is 6.08. The number of halogens is 1. The van der Waals surface area contributed by atoms with Crippen LogP contribution in [0.5, 0.6) is 5.75 Å². The summed E-state index contributed by atoms with van der Waals surface area (Å²) in [4.78, 5) is 6.84. The average Bonchev–Trinajstić information content (AvgIpc) is 3.41. The molecule has 0 amide bonds. The Bertz CT molecular complexity index is 671. The Morgan fingerprint density at radius 3 is 2.86 bits per heavy atom. The van der Waals surface area contributed by atoms with Crippen LogP contribution < -0.4 is 10.1 Å². The number of nitrogens with one attached hydrogen (secondary N) is 1. The van der Waals surface area contributed by atoms with Crippen molar-refractivity contribution in [2.45, 2.75) is 50.7 Å². The summed E-state index contributed by atoms with van der Waals surface area (Å²) in [5.41, 5.74) is 2.69. The third-order valence-electron chi connectivity index (χ3n) is 5.95. The molecule has 1 aromatic rings. The largest absolute Gasteiger partial charge is 0.493 e. The monoisotopic (exact) mass is 515 g/mol. The first-order valence-electron chi connectivity index (χ1n) is 10.8. The van der Waals surface area contributed by atoms with Crippen LogP contribution in [0.15, 0.2) is 23.2 Å². The van der Waals surface area contributed by atoms with Crippen LogP contribution in [0.4, 0.5) is 0 Å². The molecule has 3 heterocycles. The smallest absolute Gasteiger partial charge is 0.193 e. The number of benzene rings is 1. The van der Waals surface area contributed by atoms with Crippen molar-refractivity contribution >= 4 is 29.9 Å². The number of rotatable bonds is 6. The molecule has 4 rings (SSSR count). The summed E-state index contributed by atoms with van der Waals surface area (Å²) in [7, 11) is 1.87. The minimum Gasteiger partial charge on any atom is -0.493 e. The van der Waals surface area contributed by atoms with E-state index >= 15 is 0 Å². The van der Waals surface area contributed by atoms with Crippen LogP contribution in [0.2, 0.25) is 0 Å². The molecule has 3 aliphatic heterocycles. The van der Waals surface area contributed by atoms with Crippen LogP contribution in [-0.4, -0.2) is 69.6 Å². The molecule has 162 valence electrons. The summed E-state index contributed by atoms with van der Waals surface area (Å²) >= 11 is 0. The van der Waals surface area contributed by atoms with Crippen LogP contribution in [-0.2, 0) is 22.3 Å². The van der Waals surface area contributed by atoms with Gasteiger partial charge in [-0.1, -0.05) is 12.1 Å². The van der Waals surface area contributed by atoms with Gasteiger partial charge in [0, 0.05) is 39.7 Å². The van der Waals surface area contributed by atoms with E-state index in [2.05, 4.69) is 33.4 Å². The zero-order valence-electron chi connectivity index (χ0n) is 17.4. The maximum Gasteiger partial charge on any atom is 0.193 e. The van der Waals surface area contributed by atoms with Crippen LogP contribution in [0.3, 0.4) is 0 Å². The number of piperidine rings is 1. The average molecular weight is 515 g/mol. The Morgan fingerprint density at radius 1 is 1.24 bits per heavy atom. The highest BCUT2D eigenvalue weighted by Gasteiger charge is 2.24. The normalized spacial score (nSPS) is 22.2. The number of aliphatic imine (C=N–C) groups is 1. The zero-order valence-corrected chi connectivity index (χ0v) is 19.7. The quantitative estimate of drug-likeness (QED) is 0.359.